The summed E-state index contributed by atoms with van der Waals surface area (Å²) in [5, 5.41) is 18.7. The largest absolute Gasteiger partial charge is 0.465 e. The van der Waals surface area contributed by atoms with Crippen molar-refractivity contribution in [3.63, 3.8) is 0 Å². The Morgan fingerprint density at radius 2 is 2.29 bits per heavy atom. The maximum Gasteiger partial charge on any atom is 0.405 e. The Balaban J connectivity index is 1.96. The number of anilines is 1. The standard InChI is InChI=1S/C12H11ClN6O2/c13-10-9(16-8(17-10)4-15-12(20)21)5-1-2-6-7(3-5)18-19-11(6)14/h1-3,15H,4H2,(H,16,17)(H,20,21)(H3,14,18,19). The predicted molar refractivity (Wildman–Crippen MR) is 78.0 cm³/mol. The Morgan fingerprint density at radius 3 is 3.05 bits per heavy atom. The van der Waals surface area contributed by atoms with E-state index >= 15 is 0 Å². The lowest BCUT2D eigenvalue weighted by Crippen LogP contribution is -2.20. The van der Waals surface area contributed by atoms with Crippen molar-refractivity contribution in [1.29, 1.82) is 0 Å². The highest BCUT2D eigenvalue weighted by molar-refractivity contribution is 6.32. The molecule has 8 nitrogen and oxygen atoms in total. The molecule has 0 atom stereocenters. The van der Waals surface area contributed by atoms with Crippen molar-refractivity contribution in [2.75, 3.05) is 5.73 Å². The normalized spacial score (nSPS) is 10.9. The van der Waals surface area contributed by atoms with E-state index in [1.165, 1.54) is 0 Å². The summed E-state index contributed by atoms with van der Waals surface area (Å²) in [5.41, 5.74) is 7.79. The van der Waals surface area contributed by atoms with Gasteiger partial charge in [-0.3, -0.25) is 5.10 Å². The van der Waals surface area contributed by atoms with Gasteiger partial charge in [-0.1, -0.05) is 17.7 Å². The van der Waals surface area contributed by atoms with E-state index in [1.54, 1.807) is 0 Å². The minimum Gasteiger partial charge on any atom is -0.465 e. The summed E-state index contributed by atoms with van der Waals surface area (Å²) in [5.74, 6) is 0.859. The second-order valence-electron chi connectivity index (χ2n) is 4.37. The summed E-state index contributed by atoms with van der Waals surface area (Å²) in [7, 11) is 0. The number of imidazole rings is 1. The number of halogens is 1. The van der Waals surface area contributed by atoms with E-state index in [2.05, 4.69) is 25.5 Å². The van der Waals surface area contributed by atoms with Crippen molar-refractivity contribution >= 4 is 34.4 Å². The first-order chi connectivity index (χ1) is 10.0. The topological polar surface area (TPSA) is 133 Å². The number of aromatic nitrogens is 4. The summed E-state index contributed by atoms with van der Waals surface area (Å²) >= 11 is 6.11. The number of H-pyrrole nitrogens is 2. The molecule has 9 heteroatoms. The first-order valence-electron chi connectivity index (χ1n) is 5.99. The molecule has 108 valence electrons. The first kappa shape index (κ1) is 13.3. The molecular weight excluding hydrogens is 296 g/mol. The number of carbonyl (C=O) groups is 1. The Bertz CT molecular complexity index is 824. The van der Waals surface area contributed by atoms with Crippen LogP contribution in [0, 0.1) is 0 Å². The van der Waals surface area contributed by atoms with Gasteiger partial charge in [0.2, 0.25) is 0 Å². The molecule has 0 spiro atoms. The summed E-state index contributed by atoms with van der Waals surface area (Å²) in [6, 6.07) is 5.48. The lowest BCUT2D eigenvalue weighted by Gasteiger charge is -1.98. The van der Waals surface area contributed by atoms with Crippen LogP contribution in [-0.2, 0) is 6.54 Å². The molecule has 0 unspecified atom stereocenters. The molecule has 6 N–H and O–H groups in total. The molecule has 1 aromatic carbocycles. The van der Waals surface area contributed by atoms with Gasteiger partial charge in [0, 0.05) is 10.9 Å². The molecule has 0 aliphatic carbocycles. The monoisotopic (exact) mass is 306 g/mol. The average molecular weight is 307 g/mol. The Labute approximate surface area is 123 Å². The molecule has 0 bridgehead atoms. The van der Waals surface area contributed by atoms with Gasteiger partial charge < -0.3 is 21.1 Å². The number of carboxylic acid groups (broad SMARTS) is 1. The first-order valence-corrected chi connectivity index (χ1v) is 6.37. The fourth-order valence-electron chi connectivity index (χ4n) is 2.02. The number of hydrogen-bond acceptors (Lipinski definition) is 4. The number of nitrogen functional groups attached to an aromatic ring is 1. The molecule has 21 heavy (non-hydrogen) atoms. The average Bonchev–Trinajstić information content (AvgIpc) is 3.00. The lowest BCUT2D eigenvalue weighted by molar-refractivity contribution is 0.193. The van der Waals surface area contributed by atoms with Crippen molar-refractivity contribution in [3.05, 3.63) is 29.2 Å². The van der Waals surface area contributed by atoms with Crippen LogP contribution in [-0.4, -0.2) is 31.4 Å². The smallest absolute Gasteiger partial charge is 0.405 e. The zero-order chi connectivity index (χ0) is 15.0. The van der Waals surface area contributed by atoms with E-state index in [0.717, 1.165) is 16.5 Å². The molecule has 3 aromatic rings. The van der Waals surface area contributed by atoms with Crippen LogP contribution in [0.15, 0.2) is 18.2 Å². The Hall–Kier alpha value is -2.74. The third-order valence-corrected chi connectivity index (χ3v) is 3.26. The van der Waals surface area contributed by atoms with Crippen molar-refractivity contribution in [2.24, 2.45) is 0 Å². The highest BCUT2D eigenvalue weighted by atomic mass is 35.5. The van der Waals surface area contributed by atoms with Crippen LogP contribution >= 0.6 is 11.6 Å². The van der Waals surface area contributed by atoms with Crippen LogP contribution in [0.2, 0.25) is 5.15 Å². The number of nitrogens with two attached hydrogens (primary N) is 1. The fourth-order valence-corrected chi connectivity index (χ4v) is 2.28. The fraction of sp³-hybridized carbons (Fsp3) is 0.0833. The van der Waals surface area contributed by atoms with Gasteiger partial charge in [-0.2, -0.15) is 5.10 Å². The van der Waals surface area contributed by atoms with Crippen molar-refractivity contribution in [1.82, 2.24) is 25.5 Å². The lowest BCUT2D eigenvalue weighted by atomic mass is 10.1. The number of nitrogens with one attached hydrogen (secondary N) is 3. The SMILES string of the molecule is Nc1n[nH]c2cc(-c3nc(CNC(=O)O)[nH]c3Cl)ccc12. The third-order valence-electron chi connectivity index (χ3n) is 2.98. The van der Waals surface area contributed by atoms with E-state index in [0.29, 0.717) is 22.5 Å². The highest BCUT2D eigenvalue weighted by Crippen LogP contribution is 2.29. The maximum absolute atomic E-state index is 10.5. The molecule has 3 rings (SSSR count). The summed E-state index contributed by atoms with van der Waals surface area (Å²) in [6.45, 7) is 0.0499. The Kier molecular flexibility index (Phi) is 3.15. The summed E-state index contributed by atoms with van der Waals surface area (Å²) in [4.78, 5) is 17.6. The quantitative estimate of drug-likeness (QED) is 0.504. The molecule has 2 heterocycles. The van der Waals surface area contributed by atoms with Crippen LogP contribution in [0.25, 0.3) is 22.2 Å². The second-order valence-corrected chi connectivity index (χ2v) is 4.75. The van der Waals surface area contributed by atoms with Gasteiger partial charge in [-0.05, 0) is 12.1 Å². The predicted octanol–water partition coefficient (Wildman–Crippen LogP) is 1.96. The van der Waals surface area contributed by atoms with Gasteiger partial charge in [0.15, 0.2) is 5.82 Å². The van der Waals surface area contributed by atoms with E-state index < -0.39 is 6.09 Å². The van der Waals surface area contributed by atoms with Gasteiger partial charge in [-0.15, -0.1) is 0 Å². The highest BCUT2D eigenvalue weighted by Gasteiger charge is 2.13. The minimum atomic E-state index is -1.13. The number of rotatable bonds is 3. The second kappa shape index (κ2) is 4.98. The number of aromatic amines is 2. The van der Waals surface area contributed by atoms with Gasteiger partial charge in [0.1, 0.15) is 16.7 Å². The van der Waals surface area contributed by atoms with Crippen LogP contribution in [0.3, 0.4) is 0 Å². The number of hydrogen-bond donors (Lipinski definition) is 5. The molecule has 0 saturated carbocycles. The minimum absolute atomic E-state index is 0.0499. The van der Waals surface area contributed by atoms with Gasteiger partial charge >= 0.3 is 6.09 Å². The van der Waals surface area contributed by atoms with Gasteiger partial charge in [0.25, 0.3) is 0 Å². The van der Waals surface area contributed by atoms with E-state index in [1.807, 2.05) is 18.2 Å². The van der Waals surface area contributed by atoms with E-state index in [4.69, 9.17) is 22.4 Å². The van der Waals surface area contributed by atoms with Crippen molar-refractivity contribution in [3.8, 4) is 11.3 Å². The van der Waals surface area contributed by atoms with Crippen LogP contribution in [0.4, 0.5) is 10.6 Å². The molecular formula is C12H11ClN6O2. The van der Waals surface area contributed by atoms with Crippen LogP contribution in [0.1, 0.15) is 5.82 Å². The molecule has 1 amide bonds. The number of amides is 1. The zero-order valence-corrected chi connectivity index (χ0v) is 11.4. The third kappa shape index (κ3) is 2.48. The van der Waals surface area contributed by atoms with Gasteiger partial charge in [0.05, 0.1) is 12.1 Å². The molecule has 0 radical (unpaired) electrons. The Morgan fingerprint density at radius 1 is 1.48 bits per heavy atom. The van der Waals surface area contributed by atoms with Crippen LogP contribution < -0.4 is 11.1 Å². The number of benzene rings is 1. The summed E-state index contributed by atoms with van der Waals surface area (Å²) in [6.07, 6.45) is -1.13. The molecule has 0 aliphatic heterocycles. The van der Waals surface area contributed by atoms with Crippen molar-refractivity contribution in [2.45, 2.75) is 6.54 Å². The van der Waals surface area contributed by atoms with Crippen LogP contribution in [0.5, 0.6) is 0 Å². The molecule has 2 aromatic heterocycles. The molecule has 0 aliphatic rings. The van der Waals surface area contributed by atoms with Gasteiger partial charge in [-0.25, -0.2) is 9.78 Å². The summed E-state index contributed by atoms with van der Waals surface area (Å²) < 4.78 is 0. The number of nitrogens with zero attached hydrogens (tertiary/aromatic N) is 2. The molecule has 0 fully saturated rings. The van der Waals surface area contributed by atoms with Crippen molar-refractivity contribution < 1.29 is 9.90 Å². The zero-order valence-electron chi connectivity index (χ0n) is 10.6. The molecule has 0 saturated heterocycles. The maximum atomic E-state index is 10.5. The number of fused-ring (bicyclic) bond motifs is 1. The van der Waals surface area contributed by atoms with E-state index in [-0.39, 0.29) is 6.54 Å². The van der Waals surface area contributed by atoms with E-state index in [9.17, 15) is 4.79 Å².